The topological polar surface area (TPSA) is 29.9 Å². The second-order valence-electron chi connectivity index (χ2n) is 3.99. The maximum Gasteiger partial charge on any atom is 0.0700 e. The molecular weight excluding hydrogens is 286 g/mol. The van der Waals surface area contributed by atoms with Crippen LogP contribution in [-0.4, -0.2) is 27.3 Å². The molecular formula is C11H20BrN3S. The van der Waals surface area contributed by atoms with Crippen molar-refractivity contribution in [1.82, 2.24) is 15.1 Å². The van der Waals surface area contributed by atoms with Crippen molar-refractivity contribution in [3.8, 4) is 0 Å². The van der Waals surface area contributed by atoms with Gasteiger partial charge < -0.3 is 5.32 Å². The van der Waals surface area contributed by atoms with Crippen molar-refractivity contribution in [3.05, 3.63) is 16.4 Å². The molecule has 0 aromatic carbocycles. The molecule has 0 radical (unpaired) electrons. The molecule has 1 aromatic heterocycles. The Kier molecular flexibility index (Phi) is 5.86. The first-order valence-corrected chi connectivity index (χ1v) is 7.42. The molecule has 0 aliphatic carbocycles. The first-order valence-electron chi connectivity index (χ1n) is 5.58. The summed E-state index contributed by atoms with van der Waals surface area (Å²) in [6, 6.07) is 0.360. The summed E-state index contributed by atoms with van der Waals surface area (Å²) in [5.74, 6) is 1.07. The first kappa shape index (κ1) is 14.1. The zero-order valence-corrected chi connectivity index (χ0v) is 12.7. The van der Waals surface area contributed by atoms with Crippen LogP contribution in [-0.2, 0) is 7.05 Å². The molecule has 1 unspecified atom stereocenters. The predicted molar refractivity (Wildman–Crippen MR) is 74.9 cm³/mol. The Morgan fingerprint density at radius 3 is 2.69 bits per heavy atom. The number of nitrogens with zero attached hydrogens (tertiary/aromatic N) is 2. The van der Waals surface area contributed by atoms with Gasteiger partial charge in [0.25, 0.3) is 0 Å². The molecule has 0 aliphatic heterocycles. The van der Waals surface area contributed by atoms with Crippen molar-refractivity contribution < 1.29 is 0 Å². The third-order valence-corrected chi connectivity index (χ3v) is 4.12. The zero-order valence-electron chi connectivity index (χ0n) is 10.3. The number of aryl methyl sites for hydroxylation is 1. The van der Waals surface area contributed by atoms with Gasteiger partial charge in [-0.3, -0.25) is 4.68 Å². The van der Waals surface area contributed by atoms with E-state index in [1.807, 2.05) is 29.7 Å². The minimum Gasteiger partial charge on any atom is -0.308 e. The van der Waals surface area contributed by atoms with E-state index >= 15 is 0 Å². The molecule has 0 bridgehead atoms. The average molecular weight is 306 g/mol. The zero-order chi connectivity index (χ0) is 12.1. The number of hydrogen-bond acceptors (Lipinski definition) is 3. The minimum atomic E-state index is 0.360. The van der Waals surface area contributed by atoms with E-state index in [-0.39, 0.29) is 0 Å². The molecule has 1 aromatic rings. The van der Waals surface area contributed by atoms with Crippen LogP contribution in [0.5, 0.6) is 0 Å². The third-order valence-electron chi connectivity index (χ3n) is 2.31. The van der Waals surface area contributed by atoms with E-state index in [0.717, 1.165) is 16.8 Å². The van der Waals surface area contributed by atoms with Crippen molar-refractivity contribution in [1.29, 1.82) is 0 Å². The number of nitrogens with one attached hydrogen (secondary N) is 1. The van der Waals surface area contributed by atoms with Gasteiger partial charge in [-0.2, -0.15) is 16.9 Å². The molecule has 0 saturated heterocycles. The van der Waals surface area contributed by atoms with Gasteiger partial charge in [-0.05, 0) is 27.7 Å². The van der Waals surface area contributed by atoms with E-state index in [1.165, 1.54) is 5.69 Å². The lowest BCUT2D eigenvalue weighted by Gasteiger charge is -2.19. The van der Waals surface area contributed by atoms with Gasteiger partial charge in [0.2, 0.25) is 0 Å². The summed E-state index contributed by atoms with van der Waals surface area (Å²) in [4.78, 5) is 0. The van der Waals surface area contributed by atoms with Crippen LogP contribution in [0.4, 0.5) is 0 Å². The summed E-state index contributed by atoms with van der Waals surface area (Å²) in [5, 5.41) is 8.44. The van der Waals surface area contributed by atoms with E-state index in [4.69, 9.17) is 0 Å². The summed E-state index contributed by atoms with van der Waals surface area (Å²) in [6.07, 6.45) is 1.86. The summed E-state index contributed by atoms with van der Waals surface area (Å²) in [5.41, 5.74) is 1.23. The van der Waals surface area contributed by atoms with Gasteiger partial charge in [0, 0.05) is 12.8 Å². The smallest absolute Gasteiger partial charge is 0.0700 e. The lowest BCUT2D eigenvalue weighted by Crippen LogP contribution is -2.26. The van der Waals surface area contributed by atoms with Crippen LogP contribution >= 0.6 is 27.7 Å². The predicted octanol–water partition coefficient (Wildman–Crippen LogP) is 2.97. The third kappa shape index (κ3) is 3.79. The standard InChI is InChI=1S/C11H20BrN3S/c1-5-13-10(7-16-8(2)3)11-9(12)6-14-15(11)4/h6,8,10,13H,5,7H2,1-4H3. The lowest BCUT2D eigenvalue weighted by atomic mass is 10.2. The van der Waals surface area contributed by atoms with Crippen LogP contribution in [0, 0.1) is 0 Å². The molecule has 0 spiro atoms. The van der Waals surface area contributed by atoms with Crippen LogP contribution in [0.15, 0.2) is 10.7 Å². The summed E-state index contributed by atoms with van der Waals surface area (Å²) < 4.78 is 3.03. The van der Waals surface area contributed by atoms with Gasteiger partial charge in [-0.15, -0.1) is 0 Å². The van der Waals surface area contributed by atoms with Crippen molar-refractivity contribution in [2.45, 2.75) is 32.1 Å². The molecule has 0 saturated carbocycles. The van der Waals surface area contributed by atoms with Gasteiger partial charge in [0.15, 0.2) is 0 Å². The first-order chi connectivity index (χ1) is 7.56. The second-order valence-corrected chi connectivity index (χ2v) is 6.46. The van der Waals surface area contributed by atoms with Crippen molar-refractivity contribution in [3.63, 3.8) is 0 Å². The fraction of sp³-hybridized carbons (Fsp3) is 0.727. The van der Waals surface area contributed by atoms with Crippen molar-refractivity contribution >= 4 is 27.7 Å². The monoisotopic (exact) mass is 305 g/mol. The van der Waals surface area contributed by atoms with Crippen LogP contribution in [0.25, 0.3) is 0 Å². The van der Waals surface area contributed by atoms with Gasteiger partial charge in [0.1, 0.15) is 0 Å². The molecule has 92 valence electrons. The highest BCUT2D eigenvalue weighted by atomic mass is 79.9. The highest BCUT2D eigenvalue weighted by molar-refractivity contribution is 9.10. The van der Waals surface area contributed by atoms with Crippen LogP contribution in [0.2, 0.25) is 0 Å². The minimum absolute atomic E-state index is 0.360. The van der Waals surface area contributed by atoms with Crippen LogP contribution < -0.4 is 5.32 Å². The van der Waals surface area contributed by atoms with Gasteiger partial charge in [-0.1, -0.05) is 20.8 Å². The van der Waals surface area contributed by atoms with E-state index in [9.17, 15) is 0 Å². The fourth-order valence-corrected chi connectivity index (χ4v) is 3.06. The number of thioether (sulfide) groups is 1. The Bertz CT molecular complexity index is 306. The molecule has 1 heterocycles. The molecule has 1 N–H and O–H groups in total. The molecule has 1 atom stereocenters. The largest absolute Gasteiger partial charge is 0.308 e. The van der Waals surface area contributed by atoms with E-state index < -0.39 is 0 Å². The van der Waals surface area contributed by atoms with E-state index in [0.29, 0.717) is 11.3 Å². The Labute approximate surface area is 110 Å². The molecule has 0 amide bonds. The normalized spacial score (nSPS) is 13.4. The second kappa shape index (κ2) is 6.67. The van der Waals surface area contributed by atoms with Crippen molar-refractivity contribution in [2.75, 3.05) is 12.3 Å². The number of rotatable bonds is 6. The number of aromatic nitrogens is 2. The number of halogens is 1. The highest BCUT2D eigenvalue weighted by Crippen LogP contribution is 2.26. The molecule has 3 nitrogen and oxygen atoms in total. The number of hydrogen-bond donors (Lipinski definition) is 1. The van der Waals surface area contributed by atoms with Gasteiger partial charge in [0.05, 0.1) is 22.4 Å². The van der Waals surface area contributed by atoms with Gasteiger partial charge in [-0.25, -0.2) is 0 Å². The molecule has 0 aliphatic rings. The van der Waals surface area contributed by atoms with E-state index in [2.05, 4.69) is 47.1 Å². The Hall–Kier alpha value is 0. The quantitative estimate of drug-likeness (QED) is 0.876. The average Bonchev–Trinajstić information content (AvgIpc) is 2.54. The van der Waals surface area contributed by atoms with Crippen LogP contribution in [0.3, 0.4) is 0 Å². The molecule has 1 rings (SSSR count). The Morgan fingerprint density at radius 1 is 1.56 bits per heavy atom. The van der Waals surface area contributed by atoms with Crippen molar-refractivity contribution in [2.24, 2.45) is 7.05 Å². The summed E-state index contributed by atoms with van der Waals surface area (Å²) >= 11 is 5.53. The Morgan fingerprint density at radius 2 is 2.25 bits per heavy atom. The Balaban J connectivity index is 2.76. The maximum absolute atomic E-state index is 4.27. The SMILES string of the molecule is CCNC(CSC(C)C)c1c(Br)cnn1C. The van der Waals surface area contributed by atoms with Gasteiger partial charge >= 0.3 is 0 Å². The highest BCUT2D eigenvalue weighted by Gasteiger charge is 2.18. The van der Waals surface area contributed by atoms with E-state index in [1.54, 1.807) is 0 Å². The fourth-order valence-electron chi connectivity index (χ4n) is 1.58. The molecule has 5 heteroatoms. The lowest BCUT2D eigenvalue weighted by molar-refractivity contribution is 0.550. The molecule has 16 heavy (non-hydrogen) atoms. The molecule has 0 fully saturated rings. The maximum atomic E-state index is 4.27. The summed E-state index contributed by atoms with van der Waals surface area (Å²) in [6.45, 7) is 7.57. The summed E-state index contributed by atoms with van der Waals surface area (Å²) in [7, 11) is 1.99. The van der Waals surface area contributed by atoms with Crippen LogP contribution in [0.1, 0.15) is 32.5 Å².